The van der Waals surface area contributed by atoms with Gasteiger partial charge in [-0.25, -0.2) is 4.39 Å². The summed E-state index contributed by atoms with van der Waals surface area (Å²) in [7, 11) is -0.174. The van der Waals surface area contributed by atoms with Crippen LogP contribution in [0.25, 0.3) is 0 Å². The van der Waals surface area contributed by atoms with Gasteiger partial charge in [-0.05, 0) is 25.1 Å². The lowest BCUT2D eigenvalue weighted by Gasteiger charge is -2.12. The average molecular weight is 290 g/mol. The molecule has 0 aliphatic heterocycles. The number of benzene rings is 2. The second-order valence-electron chi connectivity index (χ2n) is 4.66. The van der Waals surface area contributed by atoms with Gasteiger partial charge in [0.25, 0.3) is 0 Å². The molecule has 6 heteroatoms. The van der Waals surface area contributed by atoms with Gasteiger partial charge in [-0.15, -0.1) is 0 Å². The first-order chi connectivity index (χ1) is 10.0. The molecule has 0 spiro atoms. The van der Waals surface area contributed by atoms with E-state index >= 15 is 0 Å². The molecule has 4 nitrogen and oxygen atoms in total. The van der Waals surface area contributed by atoms with Crippen molar-refractivity contribution in [3.05, 3.63) is 53.3 Å². The van der Waals surface area contributed by atoms with E-state index in [4.69, 9.17) is 9.47 Å². The van der Waals surface area contributed by atoms with E-state index in [9.17, 15) is 14.4 Å². The molecule has 2 rings (SSSR count). The fourth-order valence-corrected chi connectivity index (χ4v) is 1.93. The minimum atomic E-state index is -1.64. The van der Waals surface area contributed by atoms with E-state index in [2.05, 4.69) is 0 Å². The predicted molar refractivity (Wildman–Crippen MR) is 78.3 cm³/mol. The molecule has 0 aliphatic rings. The number of rotatable bonds is 5. The van der Waals surface area contributed by atoms with Gasteiger partial charge in [0.15, 0.2) is 0 Å². The van der Waals surface area contributed by atoms with Crippen LogP contribution in [0.4, 0.5) is 4.39 Å². The average Bonchev–Trinajstić information content (AvgIpc) is 2.46. The predicted octanol–water partition coefficient (Wildman–Crippen LogP) is 1.40. The van der Waals surface area contributed by atoms with E-state index in [0.29, 0.717) is 17.1 Å². The van der Waals surface area contributed by atoms with Crippen LogP contribution in [0.2, 0.25) is 0 Å². The molecule has 0 aliphatic carbocycles. The number of hydrogen-bond acceptors (Lipinski definition) is 4. The quantitative estimate of drug-likeness (QED) is 0.817. The van der Waals surface area contributed by atoms with Gasteiger partial charge in [0, 0.05) is 17.1 Å². The number of halogens is 1. The zero-order valence-corrected chi connectivity index (χ0v) is 11.8. The molecule has 0 saturated heterocycles. The summed E-state index contributed by atoms with van der Waals surface area (Å²) in [6, 6.07) is 9.51. The number of aryl methyl sites for hydroxylation is 1. The summed E-state index contributed by atoms with van der Waals surface area (Å²) in [6.07, 6.45) is 0. The van der Waals surface area contributed by atoms with Crippen molar-refractivity contribution in [2.24, 2.45) is 0 Å². The fraction of sp³-hybridized carbons (Fsp3) is 0.200. The Balaban J connectivity index is 2.16. The summed E-state index contributed by atoms with van der Waals surface area (Å²) in [6.45, 7) is 1.82. The van der Waals surface area contributed by atoms with E-state index in [1.165, 1.54) is 13.2 Å². The summed E-state index contributed by atoms with van der Waals surface area (Å²) in [5, 5.41) is 18.7. The molecule has 0 heterocycles. The van der Waals surface area contributed by atoms with Crippen molar-refractivity contribution in [1.82, 2.24) is 0 Å². The molecule has 0 aromatic heterocycles. The molecule has 0 atom stereocenters. The van der Waals surface area contributed by atoms with E-state index in [1.54, 1.807) is 30.3 Å². The third-order valence-corrected chi connectivity index (χ3v) is 3.09. The molecule has 110 valence electrons. The monoisotopic (exact) mass is 290 g/mol. The van der Waals surface area contributed by atoms with Crippen LogP contribution in [-0.4, -0.2) is 24.3 Å². The van der Waals surface area contributed by atoms with Crippen LogP contribution in [0.5, 0.6) is 11.5 Å². The Morgan fingerprint density at radius 1 is 1.14 bits per heavy atom. The Morgan fingerprint density at radius 2 is 1.90 bits per heavy atom. The highest BCUT2D eigenvalue weighted by Gasteiger charge is 2.17. The van der Waals surface area contributed by atoms with E-state index in [-0.39, 0.29) is 12.1 Å². The van der Waals surface area contributed by atoms with Gasteiger partial charge in [0.05, 0.1) is 7.11 Å². The van der Waals surface area contributed by atoms with Crippen molar-refractivity contribution in [2.45, 2.75) is 13.5 Å². The first kappa shape index (κ1) is 15.3. The SMILES string of the molecule is COc1ccc(COc2ccc(C)cc2B(O)O)c(F)c1. The molecule has 0 saturated carbocycles. The Labute approximate surface area is 122 Å². The molecule has 0 unspecified atom stereocenters. The van der Waals surface area contributed by atoms with E-state index in [0.717, 1.165) is 5.56 Å². The zero-order valence-electron chi connectivity index (χ0n) is 11.8. The van der Waals surface area contributed by atoms with Crippen LogP contribution in [0.3, 0.4) is 0 Å². The summed E-state index contributed by atoms with van der Waals surface area (Å²) in [4.78, 5) is 0. The zero-order chi connectivity index (χ0) is 15.4. The standard InChI is InChI=1S/C15H16BFO4/c1-10-3-6-15(13(7-10)16(18)19)21-9-11-4-5-12(20-2)8-14(11)17/h3-8,18-19H,9H2,1-2H3. The summed E-state index contributed by atoms with van der Waals surface area (Å²) in [5.41, 5.74) is 1.49. The van der Waals surface area contributed by atoms with Crippen molar-refractivity contribution in [3.8, 4) is 11.5 Å². The lowest BCUT2D eigenvalue weighted by Crippen LogP contribution is -2.31. The molecule has 2 N–H and O–H groups in total. The minimum absolute atomic E-state index is 0.0153. The highest BCUT2D eigenvalue weighted by Crippen LogP contribution is 2.18. The summed E-state index contributed by atoms with van der Waals surface area (Å²) >= 11 is 0. The second-order valence-corrected chi connectivity index (χ2v) is 4.66. The van der Waals surface area contributed by atoms with Crippen molar-refractivity contribution in [2.75, 3.05) is 7.11 Å². The molecular formula is C15H16BFO4. The lowest BCUT2D eigenvalue weighted by atomic mass is 9.79. The third kappa shape index (κ3) is 3.74. The molecule has 0 fully saturated rings. The van der Waals surface area contributed by atoms with Gasteiger partial charge in [0.1, 0.15) is 23.9 Å². The molecule has 2 aromatic carbocycles. The smallest absolute Gasteiger partial charge is 0.492 e. The van der Waals surface area contributed by atoms with Crippen molar-refractivity contribution < 1.29 is 23.9 Å². The van der Waals surface area contributed by atoms with E-state index in [1.807, 2.05) is 6.92 Å². The third-order valence-electron chi connectivity index (χ3n) is 3.09. The van der Waals surface area contributed by atoms with Crippen molar-refractivity contribution >= 4 is 12.6 Å². The van der Waals surface area contributed by atoms with Crippen LogP contribution in [-0.2, 0) is 6.61 Å². The van der Waals surface area contributed by atoms with Gasteiger partial charge in [0.2, 0.25) is 0 Å². The topological polar surface area (TPSA) is 58.9 Å². The molecule has 0 radical (unpaired) electrons. The highest BCUT2D eigenvalue weighted by molar-refractivity contribution is 6.59. The Bertz CT molecular complexity index is 631. The maximum Gasteiger partial charge on any atom is 0.492 e. The number of ether oxygens (including phenoxy) is 2. The van der Waals surface area contributed by atoms with Crippen LogP contribution in [0.1, 0.15) is 11.1 Å². The molecular weight excluding hydrogens is 274 g/mol. The Morgan fingerprint density at radius 3 is 2.52 bits per heavy atom. The summed E-state index contributed by atoms with van der Waals surface area (Å²) < 4.78 is 24.2. The second kappa shape index (κ2) is 6.60. The minimum Gasteiger partial charge on any atom is -0.497 e. The highest BCUT2D eigenvalue weighted by atomic mass is 19.1. The normalized spacial score (nSPS) is 10.3. The summed E-state index contributed by atoms with van der Waals surface area (Å²) in [5.74, 6) is 0.302. The molecule has 0 amide bonds. The maximum absolute atomic E-state index is 13.8. The number of methoxy groups -OCH3 is 1. The maximum atomic E-state index is 13.8. The van der Waals surface area contributed by atoms with Crippen molar-refractivity contribution in [1.29, 1.82) is 0 Å². The lowest BCUT2D eigenvalue weighted by molar-refractivity contribution is 0.299. The largest absolute Gasteiger partial charge is 0.497 e. The van der Waals surface area contributed by atoms with Crippen LogP contribution in [0, 0.1) is 12.7 Å². The van der Waals surface area contributed by atoms with Gasteiger partial charge in [-0.1, -0.05) is 17.7 Å². The molecule has 21 heavy (non-hydrogen) atoms. The van der Waals surface area contributed by atoms with Crippen LogP contribution in [0.15, 0.2) is 36.4 Å². The first-order valence-corrected chi connectivity index (χ1v) is 6.43. The molecule has 0 bridgehead atoms. The number of hydrogen-bond donors (Lipinski definition) is 2. The fourth-order valence-electron chi connectivity index (χ4n) is 1.93. The van der Waals surface area contributed by atoms with Gasteiger partial charge < -0.3 is 19.5 Å². The van der Waals surface area contributed by atoms with Crippen LogP contribution < -0.4 is 14.9 Å². The van der Waals surface area contributed by atoms with Crippen LogP contribution >= 0.6 is 0 Å². The van der Waals surface area contributed by atoms with Gasteiger partial charge >= 0.3 is 7.12 Å². The Kier molecular flexibility index (Phi) is 4.83. The van der Waals surface area contributed by atoms with E-state index < -0.39 is 12.9 Å². The van der Waals surface area contributed by atoms with Gasteiger partial charge in [-0.2, -0.15) is 0 Å². The Hall–Kier alpha value is -2.05. The molecule has 2 aromatic rings. The van der Waals surface area contributed by atoms with Crippen molar-refractivity contribution in [3.63, 3.8) is 0 Å². The first-order valence-electron chi connectivity index (χ1n) is 6.43. The van der Waals surface area contributed by atoms with Gasteiger partial charge in [-0.3, -0.25) is 0 Å².